The van der Waals surface area contributed by atoms with Gasteiger partial charge in [-0.15, -0.1) is 0 Å². The highest BCUT2D eigenvalue weighted by Crippen LogP contribution is 2.08. The molecule has 0 aliphatic heterocycles. The Hall–Kier alpha value is -4.27. The monoisotopic (exact) mass is 476 g/mol. The molecule has 0 bridgehead atoms. The number of carboxylic acids is 1. The quantitative estimate of drug-likeness (QED) is 0.475. The molecule has 4 N–H and O–H groups in total. The number of amides is 2. The number of carbonyl (C=O) groups is 3. The first-order valence-electron chi connectivity index (χ1n) is 10.8. The van der Waals surface area contributed by atoms with Gasteiger partial charge in [0.15, 0.2) is 0 Å². The highest BCUT2D eigenvalue weighted by molar-refractivity contribution is 5.97. The first kappa shape index (κ1) is 27.0. The van der Waals surface area contributed by atoms with E-state index in [0.29, 0.717) is 5.56 Å². The summed E-state index contributed by atoms with van der Waals surface area (Å²) in [6.07, 6.45) is -0.779. The van der Waals surface area contributed by atoms with Crippen LogP contribution in [0.1, 0.15) is 54.7 Å². The molecule has 2 aromatic carbocycles. The Morgan fingerprint density at radius 3 is 1.89 bits per heavy atom. The first-order chi connectivity index (χ1) is 16.5. The van der Waals surface area contributed by atoms with Gasteiger partial charge in [0.1, 0.15) is 11.6 Å². The lowest BCUT2D eigenvalue weighted by Gasteiger charge is -2.25. The SMILES string of the molecule is C[C@@H](NC(=O)OC(C)(C)C)[C@H](NC(=O)c1ccc(C#CC#Cc2ccc(CO)cc2)cc1)C(=O)O. The summed E-state index contributed by atoms with van der Waals surface area (Å²) in [5.41, 5.74) is 1.69. The summed E-state index contributed by atoms with van der Waals surface area (Å²) in [5, 5.41) is 23.4. The molecule has 0 unspecified atom stereocenters. The number of rotatable bonds is 6. The Bertz CT molecular complexity index is 1170. The predicted octanol–water partition coefficient (Wildman–Crippen LogP) is 2.68. The average Bonchev–Trinajstić information content (AvgIpc) is 2.79. The van der Waals surface area contributed by atoms with Crippen LogP contribution >= 0.6 is 0 Å². The summed E-state index contributed by atoms with van der Waals surface area (Å²) in [4.78, 5) is 36.2. The van der Waals surface area contributed by atoms with E-state index in [1.165, 1.54) is 19.1 Å². The topological polar surface area (TPSA) is 125 Å². The fraction of sp³-hybridized carbons (Fsp3) is 0.296. The van der Waals surface area contributed by atoms with Gasteiger partial charge in [0.2, 0.25) is 0 Å². The number of hydrogen-bond donors (Lipinski definition) is 4. The van der Waals surface area contributed by atoms with Gasteiger partial charge in [0, 0.05) is 16.7 Å². The molecule has 35 heavy (non-hydrogen) atoms. The summed E-state index contributed by atoms with van der Waals surface area (Å²) >= 11 is 0. The van der Waals surface area contributed by atoms with Crippen molar-refractivity contribution in [2.24, 2.45) is 0 Å². The second-order valence-corrected chi connectivity index (χ2v) is 8.66. The number of aliphatic hydroxyl groups excluding tert-OH is 1. The summed E-state index contributed by atoms with van der Waals surface area (Å²) in [5.74, 6) is 9.34. The van der Waals surface area contributed by atoms with Gasteiger partial charge in [-0.05, 0) is 81.5 Å². The van der Waals surface area contributed by atoms with E-state index in [0.717, 1.165) is 11.1 Å². The maximum absolute atomic E-state index is 12.6. The number of aliphatic hydroxyl groups is 1. The summed E-state index contributed by atoms with van der Waals surface area (Å²) in [7, 11) is 0. The molecule has 0 saturated heterocycles. The zero-order valence-corrected chi connectivity index (χ0v) is 20.0. The average molecular weight is 477 g/mol. The number of benzene rings is 2. The van der Waals surface area contributed by atoms with Gasteiger partial charge < -0.3 is 25.6 Å². The van der Waals surface area contributed by atoms with Crippen molar-refractivity contribution in [3.05, 3.63) is 70.8 Å². The molecule has 8 heteroatoms. The Morgan fingerprint density at radius 2 is 1.43 bits per heavy atom. The fourth-order valence-electron chi connectivity index (χ4n) is 2.81. The van der Waals surface area contributed by atoms with Crippen LogP contribution in [0.25, 0.3) is 0 Å². The molecule has 0 aromatic heterocycles. The molecule has 0 radical (unpaired) electrons. The minimum Gasteiger partial charge on any atom is -0.480 e. The molecule has 0 saturated carbocycles. The van der Waals surface area contributed by atoms with Gasteiger partial charge in [-0.25, -0.2) is 9.59 Å². The molecule has 0 aliphatic rings. The summed E-state index contributed by atoms with van der Waals surface area (Å²) in [6, 6.07) is 11.1. The number of carboxylic acid groups (broad SMARTS) is 1. The second kappa shape index (κ2) is 12.3. The van der Waals surface area contributed by atoms with E-state index in [1.807, 2.05) is 0 Å². The van der Waals surface area contributed by atoms with Crippen molar-refractivity contribution >= 4 is 18.0 Å². The van der Waals surface area contributed by atoms with Crippen LogP contribution in [-0.2, 0) is 16.1 Å². The lowest BCUT2D eigenvalue weighted by molar-refractivity contribution is -0.139. The predicted molar refractivity (Wildman–Crippen MR) is 130 cm³/mol. The smallest absolute Gasteiger partial charge is 0.407 e. The zero-order valence-electron chi connectivity index (χ0n) is 20.0. The van der Waals surface area contributed by atoms with E-state index in [1.54, 1.807) is 57.2 Å². The molecule has 2 amide bonds. The van der Waals surface area contributed by atoms with Crippen molar-refractivity contribution in [3.63, 3.8) is 0 Å². The van der Waals surface area contributed by atoms with Crippen LogP contribution in [0.2, 0.25) is 0 Å². The normalized spacial score (nSPS) is 12.0. The van der Waals surface area contributed by atoms with Gasteiger partial charge >= 0.3 is 12.1 Å². The minimum atomic E-state index is -1.36. The molecular weight excluding hydrogens is 448 g/mol. The Labute approximate surface area is 204 Å². The highest BCUT2D eigenvalue weighted by atomic mass is 16.6. The zero-order chi connectivity index (χ0) is 26.0. The summed E-state index contributed by atoms with van der Waals surface area (Å²) in [6.45, 7) is 6.49. The number of aliphatic carboxylic acids is 1. The van der Waals surface area contributed by atoms with Crippen molar-refractivity contribution in [2.75, 3.05) is 0 Å². The molecule has 182 valence electrons. The lowest BCUT2D eigenvalue weighted by atomic mass is 10.1. The molecule has 0 fully saturated rings. The molecule has 0 aliphatic carbocycles. The van der Waals surface area contributed by atoms with Gasteiger partial charge in [-0.2, -0.15) is 0 Å². The van der Waals surface area contributed by atoms with Crippen LogP contribution in [0.4, 0.5) is 4.79 Å². The fourth-order valence-corrected chi connectivity index (χ4v) is 2.81. The minimum absolute atomic E-state index is 0.0273. The van der Waals surface area contributed by atoms with Crippen LogP contribution in [0.15, 0.2) is 48.5 Å². The van der Waals surface area contributed by atoms with Crippen molar-refractivity contribution in [3.8, 4) is 23.7 Å². The van der Waals surface area contributed by atoms with Crippen molar-refractivity contribution in [1.29, 1.82) is 0 Å². The second-order valence-electron chi connectivity index (χ2n) is 8.66. The van der Waals surface area contributed by atoms with E-state index in [4.69, 9.17) is 9.84 Å². The lowest BCUT2D eigenvalue weighted by Crippen LogP contribution is -2.54. The maximum atomic E-state index is 12.6. The molecule has 0 heterocycles. The van der Waals surface area contributed by atoms with Crippen LogP contribution in [0.3, 0.4) is 0 Å². The van der Waals surface area contributed by atoms with E-state index in [-0.39, 0.29) is 12.2 Å². The Morgan fingerprint density at radius 1 is 0.914 bits per heavy atom. The largest absolute Gasteiger partial charge is 0.480 e. The standard InChI is InChI=1S/C27H28N2O6/c1-18(28-26(34)35-27(2,3)4)23(25(32)33)29-24(31)22-15-13-20(14-16-22)8-6-5-7-19-9-11-21(17-30)12-10-19/h9-16,18,23,30H,17H2,1-4H3,(H,28,34)(H,29,31)(H,32,33)/t18-,23+/m1/s1. The molecule has 8 nitrogen and oxygen atoms in total. The molecule has 2 aromatic rings. The Balaban J connectivity index is 2.00. The van der Waals surface area contributed by atoms with Gasteiger partial charge in [-0.3, -0.25) is 4.79 Å². The molecule has 2 rings (SSSR count). The molecular formula is C27H28N2O6. The maximum Gasteiger partial charge on any atom is 0.407 e. The third kappa shape index (κ3) is 9.24. The van der Waals surface area contributed by atoms with E-state index >= 15 is 0 Å². The molecule has 2 atom stereocenters. The van der Waals surface area contributed by atoms with Crippen LogP contribution in [0.5, 0.6) is 0 Å². The molecule has 0 spiro atoms. The van der Waals surface area contributed by atoms with E-state index in [2.05, 4.69) is 34.3 Å². The van der Waals surface area contributed by atoms with E-state index < -0.39 is 35.7 Å². The number of alkyl carbamates (subject to hydrolysis) is 1. The van der Waals surface area contributed by atoms with Gasteiger partial charge in [0.05, 0.1) is 12.6 Å². The Kier molecular flexibility index (Phi) is 9.45. The number of ether oxygens (including phenoxy) is 1. The third-order valence-corrected chi connectivity index (χ3v) is 4.56. The van der Waals surface area contributed by atoms with Crippen LogP contribution in [0, 0.1) is 23.7 Å². The van der Waals surface area contributed by atoms with Crippen molar-refractivity contribution in [1.82, 2.24) is 10.6 Å². The van der Waals surface area contributed by atoms with Gasteiger partial charge in [-0.1, -0.05) is 24.0 Å². The van der Waals surface area contributed by atoms with Crippen LogP contribution in [-0.4, -0.2) is 45.9 Å². The number of nitrogens with one attached hydrogen (secondary N) is 2. The van der Waals surface area contributed by atoms with E-state index in [9.17, 15) is 19.5 Å². The van der Waals surface area contributed by atoms with Crippen molar-refractivity contribution in [2.45, 2.75) is 52.0 Å². The number of hydrogen-bond acceptors (Lipinski definition) is 5. The third-order valence-electron chi connectivity index (χ3n) is 4.56. The first-order valence-corrected chi connectivity index (χ1v) is 10.8. The van der Waals surface area contributed by atoms with Gasteiger partial charge in [0.25, 0.3) is 5.91 Å². The summed E-state index contributed by atoms with van der Waals surface area (Å²) < 4.78 is 5.13. The highest BCUT2D eigenvalue weighted by Gasteiger charge is 2.29. The van der Waals surface area contributed by atoms with Crippen molar-refractivity contribution < 1.29 is 29.3 Å². The van der Waals surface area contributed by atoms with Crippen LogP contribution < -0.4 is 10.6 Å². The number of carbonyl (C=O) groups excluding carboxylic acids is 2.